The molecule has 0 spiro atoms. The van der Waals surface area contributed by atoms with Gasteiger partial charge in [0.15, 0.2) is 0 Å². The van der Waals surface area contributed by atoms with Gasteiger partial charge in [0, 0.05) is 9.47 Å². The van der Waals surface area contributed by atoms with E-state index >= 15 is 0 Å². The molecule has 0 amide bonds. The minimum atomic E-state index is 0.641. The van der Waals surface area contributed by atoms with E-state index in [1.807, 2.05) is 6.08 Å². The Balaban J connectivity index is 2.66. The third-order valence-electron chi connectivity index (χ3n) is 0.812. The normalized spacial score (nSPS) is 9.44. The summed E-state index contributed by atoms with van der Waals surface area (Å²) >= 11 is 0. The van der Waals surface area contributed by atoms with Crippen LogP contribution in [0.2, 0.25) is 0 Å². The molecule has 0 fully saturated rings. The van der Waals surface area contributed by atoms with E-state index in [9.17, 15) is 0 Å². The summed E-state index contributed by atoms with van der Waals surface area (Å²) in [4.78, 5) is 0. The lowest BCUT2D eigenvalue weighted by Crippen LogP contribution is -2.00. The van der Waals surface area contributed by atoms with Crippen LogP contribution in [-0.2, 0) is 9.26 Å². The van der Waals surface area contributed by atoms with Gasteiger partial charge in [0.2, 0.25) is 0 Å². The van der Waals surface area contributed by atoms with Crippen molar-refractivity contribution < 1.29 is 9.26 Å². The molecule has 0 aliphatic rings. The monoisotopic (exact) mass is 148 g/mol. The van der Waals surface area contributed by atoms with Gasteiger partial charge in [-0.25, -0.2) is 0 Å². The second-order valence-electron chi connectivity index (χ2n) is 1.56. The van der Waals surface area contributed by atoms with Crippen LogP contribution in [0.1, 0.15) is 6.42 Å². The highest BCUT2D eigenvalue weighted by Gasteiger charge is 1.82. The Hall–Kier alpha value is 0.0900. The summed E-state index contributed by atoms with van der Waals surface area (Å²) in [6, 6.07) is 0. The lowest BCUT2D eigenvalue weighted by molar-refractivity contribution is 0.110. The van der Waals surface area contributed by atoms with E-state index < -0.39 is 0 Å². The summed E-state index contributed by atoms with van der Waals surface area (Å²) in [5, 5.41) is 0. The van der Waals surface area contributed by atoms with Crippen molar-refractivity contribution in [1.29, 1.82) is 0 Å². The van der Waals surface area contributed by atoms with Gasteiger partial charge in [-0.15, -0.1) is 6.58 Å². The Kier molecular flexibility index (Phi) is 8.17. The molecule has 0 N–H and O–H groups in total. The van der Waals surface area contributed by atoms with Crippen LogP contribution in [-0.4, -0.2) is 19.8 Å². The highest BCUT2D eigenvalue weighted by Crippen LogP contribution is 1.86. The number of rotatable bonds is 6. The molecule has 0 saturated carbocycles. The van der Waals surface area contributed by atoms with Crippen molar-refractivity contribution in [1.82, 2.24) is 0 Å². The molecular weight excluding hydrogens is 135 g/mol. The second kappa shape index (κ2) is 8.09. The van der Waals surface area contributed by atoms with Crippen LogP contribution in [0.4, 0.5) is 0 Å². The zero-order chi connectivity index (χ0) is 6.95. The first-order valence-corrected chi connectivity index (χ1v) is 3.39. The molecule has 0 radical (unpaired) electrons. The second-order valence-corrected chi connectivity index (χ2v) is 1.89. The van der Waals surface area contributed by atoms with E-state index in [4.69, 9.17) is 4.74 Å². The molecule has 9 heavy (non-hydrogen) atoms. The van der Waals surface area contributed by atoms with Crippen LogP contribution >= 0.6 is 9.47 Å². The van der Waals surface area contributed by atoms with E-state index in [0.717, 1.165) is 13.0 Å². The summed E-state index contributed by atoms with van der Waals surface area (Å²) in [7, 11) is 2.18. The molecule has 0 aromatic heterocycles. The first-order valence-electron chi connectivity index (χ1n) is 2.92. The van der Waals surface area contributed by atoms with Crippen molar-refractivity contribution in [2.75, 3.05) is 19.8 Å². The average Bonchev–Trinajstić information content (AvgIpc) is 1.89. The average molecular weight is 148 g/mol. The predicted molar refractivity (Wildman–Crippen MR) is 41.3 cm³/mol. The topological polar surface area (TPSA) is 18.5 Å². The molecule has 1 unspecified atom stereocenters. The third-order valence-corrected chi connectivity index (χ3v) is 1.05. The van der Waals surface area contributed by atoms with E-state index in [-0.39, 0.29) is 0 Å². The first-order chi connectivity index (χ1) is 4.41. The molecule has 0 aromatic carbocycles. The Morgan fingerprint density at radius 2 is 2.11 bits per heavy atom. The maximum atomic E-state index is 5.10. The van der Waals surface area contributed by atoms with Crippen LogP contribution < -0.4 is 0 Å². The summed E-state index contributed by atoms with van der Waals surface area (Å²) in [5.74, 6) is 0. The fourth-order valence-corrected chi connectivity index (χ4v) is 0.472. The van der Waals surface area contributed by atoms with Crippen LogP contribution in [0, 0.1) is 0 Å². The van der Waals surface area contributed by atoms with Crippen molar-refractivity contribution in [3.8, 4) is 0 Å². The van der Waals surface area contributed by atoms with Gasteiger partial charge in [-0.05, 0) is 6.42 Å². The van der Waals surface area contributed by atoms with Crippen molar-refractivity contribution in [2.24, 2.45) is 0 Å². The predicted octanol–water partition coefficient (Wildman–Crippen LogP) is 1.39. The van der Waals surface area contributed by atoms with E-state index in [0.29, 0.717) is 13.2 Å². The van der Waals surface area contributed by atoms with Gasteiger partial charge in [0.25, 0.3) is 0 Å². The lowest BCUT2D eigenvalue weighted by Gasteiger charge is -1.98. The molecule has 0 rings (SSSR count). The SMILES string of the molecule is C=CCCOCCOP. The van der Waals surface area contributed by atoms with Crippen molar-refractivity contribution in [3.63, 3.8) is 0 Å². The number of hydrogen-bond donors (Lipinski definition) is 0. The highest BCUT2D eigenvalue weighted by molar-refractivity contribution is 7.09. The van der Waals surface area contributed by atoms with Crippen LogP contribution in [0.25, 0.3) is 0 Å². The van der Waals surface area contributed by atoms with Gasteiger partial charge >= 0.3 is 0 Å². The maximum Gasteiger partial charge on any atom is 0.0736 e. The molecule has 0 bridgehead atoms. The number of hydrogen-bond acceptors (Lipinski definition) is 2. The summed E-state index contributed by atoms with van der Waals surface area (Å²) in [6.07, 6.45) is 2.75. The van der Waals surface area contributed by atoms with Gasteiger partial charge in [-0.1, -0.05) is 6.08 Å². The zero-order valence-corrected chi connectivity index (χ0v) is 6.66. The fraction of sp³-hybridized carbons (Fsp3) is 0.667. The molecule has 0 heterocycles. The minimum absolute atomic E-state index is 0.641. The van der Waals surface area contributed by atoms with Gasteiger partial charge in [0.05, 0.1) is 19.8 Å². The largest absolute Gasteiger partial charge is 0.379 e. The Morgan fingerprint density at radius 1 is 1.33 bits per heavy atom. The van der Waals surface area contributed by atoms with Crippen molar-refractivity contribution in [2.45, 2.75) is 6.42 Å². The summed E-state index contributed by atoms with van der Waals surface area (Å²) in [6.45, 7) is 5.62. The standard InChI is InChI=1S/C6H13O2P/c1-2-3-4-7-5-6-8-9/h2H,1,3-6,9H2. The third kappa shape index (κ3) is 8.09. The van der Waals surface area contributed by atoms with Gasteiger partial charge in [-0.3, -0.25) is 0 Å². The maximum absolute atomic E-state index is 5.10. The summed E-state index contributed by atoms with van der Waals surface area (Å²) in [5.41, 5.74) is 0. The zero-order valence-electron chi connectivity index (χ0n) is 5.51. The smallest absolute Gasteiger partial charge is 0.0736 e. The van der Waals surface area contributed by atoms with Crippen LogP contribution in [0.5, 0.6) is 0 Å². The Labute approximate surface area is 58.5 Å². The van der Waals surface area contributed by atoms with Gasteiger partial charge in [0.1, 0.15) is 0 Å². The molecule has 0 aliphatic carbocycles. The van der Waals surface area contributed by atoms with E-state index in [1.165, 1.54) is 0 Å². The molecule has 3 heteroatoms. The minimum Gasteiger partial charge on any atom is -0.379 e. The van der Waals surface area contributed by atoms with Crippen molar-refractivity contribution in [3.05, 3.63) is 12.7 Å². The fourth-order valence-electron chi connectivity index (χ4n) is 0.376. The quantitative estimate of drug-likeness (QED) is 0.322. The van der Waals surface area contributed by atoms with Crippen molar-refractivity contribution >= 4 is 9.47 Å². The molecule has 0 saturated heterocycles. The molecule has 0 aromatic rings. The van der Waals surface area contributed by atoms with E-state index in [1.54, 1.807) is 0 Å². The lowest BCUT2D eigenvalue weighted by atomic mass is 10.5. The van der Waals surface area contributed by atoms with Gasteiger partial charge in [-0.2, -0.15) is 0 Å². The Bertz CT molecular complexity index is 66.1. The van der Waals surface area contributed by atoms with Gasteiger partial charge < -0.3 is 9.26 Å². The molecule has 2 nitrogen and oxygen atoms in total. The van der Waals surface area contributed by atoms with Crippen LogP contribution in [0.15, 0.2) is 12.7 Å². The molecular formula is C6H13O2P. The highest BCUT2D eigenvalue weighted by atomic mass is 31.0. The van der Waals surface area contributed by atoms with Crippen LogP contribution in [0.3, 0.4) is 0 Å². The molecule has 0 aliphatic heterocycles. The molecule has 54 valence electrons. The Morgan fingerprint density at radius 3 is 2.67 bits per heavy atom. The number of ether oxygens (including phenoxy) is 1. The summed E-state index contributed by atoms with van der Waals surface area (Å²) < 4.78 is 9.79. The first kappa shape index (κ1) is 9.09. The van der Waals surface area contributed by atoms with E-state index in [2.05, 4.69) is 20.6 Å². The molecule has 1 atom stereocenters.